The molecule has 0 heterocycles. The second-order valence-corrected chi connectivity index (χ2v) is 4.09. The molecular formula is C11H21NO. The first-order valence-corrected chi connectivity index (χ1v) is 5.46. The zero-order valence-corrected chi connectivity index (χ0v) is 9.05. The molecule has 2 nitrogen and oxygen atoms in total. The predicted octanol–water partition coefficient (Wildman–Crippen LogP) is 2.43. The van der Waals surface area contributed by atoms with Gasteiger partial charge < -0.3 is 4.90 Å². The fraction of sp³-hybridized carbons (Fsp3) is 0.909. The van der Waals surface area contributed by atoms with Crippen molar-refractivity contribution in [3.05, 3.63) is 0 Å². The summed E-state index contributed by atoms with van der Waals surface area (Å²) in [5.41, 5.74) is 0. The first-order valence-electron chi connectivity index (χ1n) is 5.46. The summed E-state index contributed by atoms with van der Waals surface area (Å²) in [5, 5.41) is 0. The third kappa shape index (κ3) is 3.02. The fourth-order valence-electron chi connectivity index (χ4n) is 1.75. The minimum absolute atomic E-state index is 0.259. The van der Waals surface area contributed by atoms with Crippen molar-refractivity contribution < 1.29 is 4.79 Å². The number of hydrogen-bond donors (Lipinski definition) is 0. The molecule has 0 saturated heterocycles. The summed E-state index contributed by atoms with van der Waals surface area (Å²) in [5.74, 6) is 0.957. The third-order valence-corrected chi connectivity index (χ3v) is 3.00. The Morgan fingerprint density at radius 3 is 2.23 bits per heavy atom. The highest BCUT2D eigenvalue weighted by Crippen LogP contribution is 2.28. The molecular weight excluding hydrogens is 162 g/mol. The molecule has 0 aliphatic heterocycles. The van der Waals surface area contributed by atoms with Gasteiger partial charge >= 0.3 is 0 Å². The minimum Gasteiger partial charge on any atom is -0.340 e. The SMILES string of the molecule is CCC(CC)CN(C(C)=O)C1CC1. The van der Waals surface area contributed by atoms with Gasteiger partial charge in [-0.25, -0.2) is 0 Å². The number of rotatable bonds is 5. The van der Waals surface area contributed by atoms with Crippen LogP contribution in [0.4, 0.5) is 0 Å². The summed E-state index contributed by atoms with van der Waals surface area (Å²) in [6.07, 6.45) is 4.82. The van der Waals surface area contributed by atoms with Crippen LogP contribution in [0.5, 0.6) is 0 Å². The van der Waals surface area contributed by atoms with E-state index in [1.54, 1.807) is 6.92 Å². The lowest BCUT2D eigenvalue weighted by Crippen LogP contribution is -2.35. The molecule has 1 rings (SSSR count). The van der Waals surface area contributed by atoms with Crippen LogP contribution in [-0.4, -0.2) is 23.4 Å². The van der Waals surface area contributed by atoms with E-state index in [1.165, 1.54) is 25.7 Å². The molecule has 1 amide bonds. The topological polar surface area (TPSA) is 20.3 Å². The molecule has 13 heavy (non-hydrogen) atoms. The van der Waals surface area contributed by atoms with E-state index in [2.05, 4.69) is 18.7 Å². The summed E-state index contributed by atoms with van der Waals surface area (Å²) in [4.78, 5) is 13.4. The van der Waals surface area contributed by atoms with Crippen LogP contribution in [0.1, 0.15) is 46.5 Å². The highest BCUT2D eigenvalue weighted by atomic mass is 16.2. The zero-order chi connectivity index (χ0) is 9.84. The first-order chi connectivity index (χ1) is 6.19. The van der Waals surface area contributed by atoms with Crippen molar-refractivity contribution >= 4 is 5.91 Å². The molecule has 0 bridgehead atoms. The van der Waals surface area contributed by atoms with Gasteiger partial charge in [0.05, 0.1) is 0 Å². The van der Waals surface area contributed by atoms with Crippen molar-refractivity contribution in [2.75, 3.05) is 6.54 Å². The highest BCUT2D eigenvalue weighted by Gasteiger charge is 2.31. The zero-order valence-electron chi connectivity index (χ0n) is 9.05. The van der Waals surface area contributed by atoms with Gasteiger partial charge in [-0.15, -0.1) is 0 Å². The van der Waals surface area contributed by atoms with Crippen LogP contribution in [-0.2, 0) is 4.79 Å². The maximum Gasteiger partial charge on any atom is 0.219 e. The lowest BCUT2D eigenvalue weighted by Gasteiger charge is -2.25. The Kier molecular flexibility index (Phi) is 3.76. The van der Waals surface area contributed by atoms with Gasteiger partial charge in [-0.2, -0.15) is 0 Å². The average Bonchev–Trinajstić information content (AvgIpc) is 2.89. The molecule has 0 aromatic rings. The molecule has 0 radical (unpaired) electrons. The normalized spacial score (nSPS) is 16.3. The first kappa shape index (κ1) is 10.6. The molecule has 0 unspecified atom stereocenters. The van der Waals surface area contributed by atoms with Crippen molar-refractivity contribution in [3.63, 3.8) is 0 Å². The van der Waals surface area contributed by atoms with E-state index >= 15 is 0 Å². The lowest BCUT2D eigenvalue weighted by atomic mass is 10.0. The van der Waals surface area contributed by atoms with Crippen molar-refractivity contribution in [2.45, 2.75) is 52.5 Å². The van der Waals surface area contributed by atoms with Crippen molar-refractivity contribution in [1.29, 1.82) is 0 Å². The van der Waals surface area contributed by atoms with Crippen LogP contribution in [0.2, 0.25) is 0 Å². The molecule has 0 spiro atoms. The van der Waals surface area contributed by atoms with Gasteiger partial charge in [0.1, 0.15) is 0 Å². The minimum atomic E-state index is 0.259. The Labute approximate surface area is 81.3 Å². The Morgan fingerprint density at radius 1 is 1.38 bits per heavy atom. The number of hydrogen-bond acceptors (Lipinski definition) is 1. The third-order valence-electron chi connectivity index (χ3n) is 3.00. The van der Waals surface area contributed by atoms with E-state index in [1.807, 2.05) is 0 Å². The van der Waals surface area contributed by atoms with Crippen LogP contribution in [0.3, 0.4) is 0 Å². The second-order valence-electron chi connectivity index (χ2n) is 4.09. The van der Waals surface area contributed by atoms with Crippen LogP contribution in [0.25, 0.3) is 0 Å². The molecule has 1 aliphatic carbocycles. The molecule has 0 aromatic carbocycles. The van der Waals surface area contributed by atoms with Crippen LogP contribution >= 0.6 is 0 Å². The van der Waals surface area contributed by atoms with E-state index in [-0.39, 0.29) is 5.91 Å². The van der Waals surface area contributed by atoms with E-state index < -0.39 is 0 Å². The fourth-order valence-corrected chi connectivity index (χ4v) is 1.75. The van der Waals surface area contributed by atoms with E-state index in [9.17, 15) is 4.79 Å². The van der Waals surface area contributed by atoms with Crippen molar-refractivity contribution in [1.82, 2.24) is 4.90 Å². The summed E-state index contributed by atoms with van der Waals surface area (Å²) >= 11 is 0. The maximum atomic E-state index is 11.3. The summed E-state index contributed by atoms with van der Waals surface area (Å²) < 4.78 is 0. The summed E-state index contributed by atoms with van der Waals surface area (Å²) in [6, 6.07) is 0.582. The van der Waals surface area contributed by atoms with Gasteiger partial charge in [-0.1, -0.05) is 26.7 Å². The van der Waals surface area contributed by atoms with Crippen molar-refractivity contribution in [2.24, 2.45) is 5.92 Å². The quantitative estimate of drug-likeness (QED) is 0.641. The molecule has 0 atom stereocenters. The smallest absolute Gasteiger partial charge is 0.219 e. The van der Waals surface area contributed by atoms with Crippen LogP contribution < -0.4 is 0 Å². The average molecular weight is 183 g/mol. The van der Waals surface area contributed by atoms with Gasteiger partial charge in [-0.3, -0.25) is 4.79 Å². The van der Waals surface area contributed by atoms with Gasteiger partial charge in [0.15, 0.2) is 0 Å². The molecule has 2 heteroatoms. The van der Waals surface area contributed by atoms with Crippen LogP contribution in [0, 0.1) is 5.92 Å². The van der Waals surface area contributed by atoms with Gasteiger partial charge in [0, 0.05) is 19.5 Å². The highest BCUT2D eigenvalue weighted by molar-refractivity contribution is 5.74. The second kappa shape index (κ2) is 4.64. The standard InChI is InChI=1S/C11H21NO/c1-4-10(5-2)8-12(9(3)13)11-6-7-11/h10-11H,4-8H2,1-3H3. The largest absolute Gasteiger partial charge is 0.340 e. The monoisotopic (exact) mass is 183 g/mol. The number of carbonyl (C=O) groups excluding carboxylic acids is 1. The Morgan fingerprint density at radius 2 is 1.92 bits per heavy atom. The van der Waals surface area contributed by atoms with Crippen LogP contribution in [0.15, 0.2) is 0 Å². The number of nitrogens with zero attached hydrogens (tertiary/aromatic N) is 1. The van der Waals surface area contributed by atoms with E-state index in [0.29, 0.717) is 12.0 Å². The maximum absolute atomic E-state index is 11.3. The van der Waals surface area contributed by atoms with Crippen molar-refractivity contribution in [3.8, 4) is 0 Å². The van der Waals surface area contributed by atoms with Gasteiger partial charge in [-0.05, 0) is 18.8 Å². The van der Waals surface area contributed by atoms with Gasteiger partial charge in [0.2, 0.25) is 5.91 Å². The molecule has 1 saturated carbocycles. The Balaban J connectivity index is 2.41. The molecule has 76 valence electrons. The lowest BCUT2D eigenvalue weighted by molar-refractivity contribution is -0.130. The molecule has 1 fully saturated rings. The molecule has 0 N–H and O–H groups in total. The predicted molar refractivity (Wildman–Crippen MR) is 54.5 cm³/mol. The summed E-state index contributed by atoms with van der Waals surface area (Å²) in [6.45, 7) is 7.09. The van der Waals surface area contributed by atoms with E-state index in [0.717, 1.165) is 6.54 Å². The van der Waals surface area contributed by atoms with Gasteiger partial charge in [0.25, 0.3) is 0 Å². The number of amides is 1. The molecule has 1 aliphatic rings. The summed E-state index contributed by atoms with van der Waals surface area (Å²) in [7, 11) is 0. The Hall–Kier alpha value is -0.530. The Bertz CT molecular complexity index is 171. The number of carbonyl (C=O) groups is 1. The molecule has 0 aromatic heterocycles. The van der Waals surface area contributed by atoms with E-state index in [4.69, 9.17) is 0 Å².